The molecule has 0 radical (unpaired) electrons. The number of carbonyl (C=O) groups excluding carboxylic acids is 1. The molecule has 4 unspecified atom stereocenters. The van der Waals surface area contributed by atoms with E-state index in [1.165, 1.54) is 29.5 Å². The van der Waals surface area contributed by atoms with E-state index < -0.39 is 5.97 Å². The third-order valence-corrected chi connectivity index (χ3v) is 14.5. The number of fused-ring (bicyclic) bond motifs is 3. The number of aromatic nitrogens is 2. The number of amides is 1. The molecule has 1 aliphatic heterocycles. The van der Waals surface area contributed by atoms with Gasteiger partial charge in [0.05, 0.1) is 10.2 Å². The first-order valence-corrected chi connectivity index (χ1v) is 23.2. The molecule has 1 fully saturated rings. The van der Waals surface area contributed by atoms with Gasteiger partial charge in [0.25, 0.3) is 5.91 Å². The molecule has 0 saturated heterocycles. The fraction of sp³-hybridized carbons (Fsp3) is 0.392. The summed E-state index contributed by atoms with van der Waals surface area (Å²) in [4.78, 5) is 40.0. The molecule has 0 bridgehead atoms. The lowest BCUT2D eigenvalue weighted by Gasteiger charge is -2.55. The summed E-state index contributed by atoms with van der Waals surface area (Å²) in [6, 6.07) is 26.1. The van der Waals surface area contributed by atoms with Gasteiger partial charge in [-0.05, 0) is 116 Å². The highest BCUT2D eigenvalue weighted by Gasteiger charge is 2.56. The van der Waals surface area contributed by atoms with Crippen molar-refractivity contribution in [1.82, 2.24) is 25.5 Å². The Hall–Kier alpha value is -5.89. The van der Waals surface area contributed by atoms with Crippen molar-refractivity contribution >= 4 is 61.9 Å². The van der Waals surface area contributed by atoms with Gasteiger partial charge in [0, 0.05) is 86.7 Å². The first-order chi connectivity index (χ1) is 30.8. The largest absolute Gasteiger partial charge is 0.476 e. The van der Waals surface area contributed by atoms with Crippen LogP contribution < -0.4 is 26.2 Å². The van der Waals surface area contributed by atoms with Crippen LogP contribution >= 0.6 is 11.3 Å². The fourth-order valence-electron chi connectivity index (χ4n) is 10.7. The minimum Gasteiger partial charge on any atom is -0.476 e. The van der Waals surface area contributed by atoms with E-state index >= 15 is 0 Å². The molecule has 3 aromatic carbocycles. The maximum absolute atomic E-state index is 13.6. The molecule has 6 N–H and O–H groups in total. The van der Waals surface area contributed by atoms with E-state index in [1.54, 1.807) is 11.6 Å². The number of rotatable bonds is 18. The van der Waals surface area contributed by atoms with Crippen molar-refractivity contribution in [3.63, 3.8) is 0 Å². The standard InChI is InChI=1S/C51H61N9O3S/c1-32(25-50(3)31-51(4)26-37(24-44(50)51)54-21-23-59(6)29-34-14-16-36(53-5)17-15-34)28-55-33(2)40(27-52)38-18-19-45(57-46(38)48(62)63)60-22-20-35-10-9-11-39(41(35)30-60)47(61)58-49-56-42-12-7-8-13-43(42)64-49/h7-19,24,27,32,37,52-55H,20-23,25-26,28-31H2,1-6H3,(H,62,63)(H,56,58,61)/b40-33+,52-27?. The number of pyridine rings is 1. The summed E-state index contributed by atoms with van der Waals surface area (Å²) >= 11 is 1.43. The first-order valence-electron chi connectivity index (χ1n) is 22.4. The Balaban J connectivity index is 0.879. The maximum atomic E-state index is 13.6. The number of allylic oxidation sites excluding steroid dienone is 3. The molecule has 64 heavy (non-hydrogen) atoms. The zero-order valence-electron chi connectivity index (χ0n) is 37.8. The van der Waals surface area contributed by atoms with Crippen LogP contribution in [0.2, 0.25) is 0 Å². The summed E-state index contributed by atoms with van der Waals surface area (Å²) in [7, 11) is 4.12. The van der Waals surface area contributed by atoms with Crippen molar-refractivity contribution in [2.24, 2.45) is 16.7 Å². The SMILES string of the molecule is CNc1ccc(CN(C)CCNC2C=C3C(C)(CC(C)CN/C(C)=C(\C=N)c4ccc(N5CCc6cccc(C(=O)Nc7nc8ccccc8s7)c6C5)nc4C(=O)O)CC3(C)C2)cc1. The van der Waals surface area contributed by atoms with E-state index in [4.69, 9.17) is 5.41 Å². The number of carboxylic acids is 1. The van der Waals surface area contributed by atoms with Gasteiger partial charge in [-0.3, -0.25) is 10.1 Å². The van der Waals surface area contributed by atoms with Crippen LogP contribution in [0.25, 0.3) is 15.8 Å². The van der Waals surface area contributed by atoms with Crippen molar-refractivity contribution in [1.29, 1.82) is 5.41 Å². The fourth-order valence-corrected chi connectivity index (χ4v) is 11.5. The molecule has 334 valence electrons. The van der Waals surface area contributed by atoms with E-state index in [1.807, 2.05) is 67.4 Å². The summed E-state index contributed by atoms with van der Waals surface area (Å²) in [5.41, 5.74) is 9.26. The van der Waals surface area contributed by atoms with Crippen LogP contribution in [0.4, 0.5) is 16.6 Å². The number of hydrogen-bond acceptors (Lipinski definition) is 11. The topological polar surface area (TPSA) is 159 Å². The van der Waals surface area contributed by atoms with E-state index in [9.17, 15) is 14.7 Å². The van der Waals surface area contributed by atoms with Crippen molar-refractivity contribution in [2.75, 3.05) is 55.8 Å². The molecule has 2 aromatic heterocycles. The number of anilines is 3. The monoisotopic (exact) mass is 879 g/mol. The van der Waals surface area contributed by atoms with E-state index in [-0.39, 0.29) is 22.4 Å². The molecule has 12 nitrogen and oxygen atoms in total. The Bertz CT molecular complexity index is 2590. The summed E-state index contributed by atoms with van der Waals surface area (Å²) in [6.45, 7) is 13.6. The van der Waals surface area contributed by atoms with Crippen LogP contribution in [0, 0.1) is 22.2 Å². The van der Waals surface area contributed by atoms with Crippen LogP contribution in [0.3, 0.4) is 0 Å². The van der Waals surface area contributed by atoms with Gasteiger partial charge in [0.15, 0.2) is 10.8 Å². The lowest BCUT2D eigenvalue weighted by atomic mass is 9.49. The van der Waals surface area contributed by atoms with Gasteiger partial charge in [-0.1, -0.05) is 80.2 Å². The molecule has 3 aliphatic rings. The number of thiazole rings is 1. The van der Waals surface area contributed by atoms with Gasteiger partial charge >= 0.3 is 5.97 Å². The van der Waals surface area contributed by atoms with Crippen LogP contribution in [-0.2, 0) is 19.5 Å². The lowest BCUT2D eigenvalue weighted by Crippen LogP contribution is -2.46. The lowest BCUT2D eigenvalue weighted by molar-refractivity contribution is 0.0689. The number of para-hydroxylation sites is 1. The van der Waals surface area contributed by atoms with Gasteiger partial charge in [-0.25, -0.2) is 14.8 Å². The highest BCUT2D eigenvalue weighted by molar-refractivity contribution is 7.22. The normalized spacial score (nSPS) is 21.0. The van der Waals surface area contributed by atoms with Gasteiger partial charge < -0.3 is 36.3 Å². The summed E-state index contributed by atoms with van der Waals surface area (Å²) in [6.07, 6.45) is 7.74. The van der Waals surface area contributed by atoms with Crippen molar-refractivity contribution in [2.45, 2.75) is 72.5 Å². The van der Waals surface area contributed by atoms with Crippen molar-refractivity contribution in [3.8, 4) is 0 Å². The Morgan fingerprint density at radius 3 is 2.59 bits per heavy atom. The number of aromatic carboxylic acids is 1. The summed E-state index contributed by atoms with van der Waals surface area (Å²) in [5.74, 6) is -0.544. The molecule has 1 saturated carbocycles. The first kappa shape index (κ1) is 44.7. The molecular formula is C51H61N9O3S. The second-order valence-electron chi connectivity index (χ2n) is 18.6. The second-order valence-corrected chi connectivity index (χ2v) is 19.7. The third-order valence-electron chi connectivity index (χ3n) is 13.5. The van der Waals surface area contributed by atoms with Crippen LogP contribution in [0.5, 0.6) is 0 Å². The maximum Gasteiger partial charge on any atom is 0.355 e. The van der Waals surface area contributed by atoms with E-state index in [0.717, 1.165) is 65.2 Å². The Morgan fingerprint density at radius 2 is 1.84 bits per heavy atom. The smallest absolute Gasteiger partial charge is 0.355 e. The number of carbonyl (C=O) groups is 2. The number of carboxylic acid groups (broad SMARTS) is 1. The average molecular weight is 880 g/mol. The van der Waals surface area contributed by atoms with Crippen LogP contribution in [-0.4, -0.2) is 84.4 Å². The predicted octanol–water partition coefficient (Wildman–Crippen LogP) is 9.08. The molecule has 13 heteroatoms. The Morgan fingerprint density at radius 1 is 1.05 bits per heavy atom. The summed E-state index contributed by atoms with van der Waals surface area (Å²) < 4.78 is 0.998. The average Bonchev–Trinajstić information content (AvgIpc) is 3.82. The zero-order valence-corrected chi connectivity index (χ0v) is 38.7. The Kier molecular flexibility index (Phi) is 13.0. The van der Waals surface area contributed by atoms with E-state index in [0.29, 0.717) is 65.7 Å². The number of nitrogens with zero attached hydrogens (tertiary/aromatic N) is 4. The number of benzene rings is 3. The van der Waals surface area contributed by atoms with Gasteiger partial charge in [0.1, 0.15) is 5.82 Å². The third kappa shape index (κ3) is 9.47. The minimum absolute atomic E-state index is 0.110. The molecule has 0 spiro atoms. The number of hydrogen-bond donors (Lipinski definition) is 6. The molecule has 2 aliphatic carbocycles. The quantitative estimate of drug-likeness (QED) is 0.0371. The van der Waals surface area contributed by atoms with Crippen LogP contribution in [0.15, 0.2) is 96.2 Å². The second kappa shape index (κ2) is 18.7. The molecule has 3 heterocycles. The molecule has 8 rings (SSSR count). The van der Waals surface area contributed by atoms with E-state index in [2.05, 4.69) is 94.3 Å². The predicted molar refractivity (Wildman–Crippen MR) is 261 cm³/mol. The van der Waals surface area contributed by atoms with Gasteiger partial charge in [-0.15, -0.1) is 0 Å². The number of nitrogens with one attached hydrogen (secondary N) is 5. The highest BCUT2D eigenvalue weighted by atomic mass is 32.1. The Labute approximate surface area is 380 Å². The number of likely N-dealkylation sites (N-methyl/N-ethyl adjacent to an activating group) is 1. The minimum atomic E-state index is -1.16. The summed E-state index contributed by atoms with van der Waals surface area (Å²) in [5, 5.41) is 32.9. The molecule has 1 amide bonds. The highest BCUT2D eigenvalue weighted by Crippen LogP contribution is 2.66. The molecule has 4 atom stereocenters. The van der Waals surface area contributed by atoms with Gasteiger partial charge in [0.2, 0.25) is 0 Å². The zero-order chi connectivity index (χ0) is 45.2. The molecular weight excluding hydrogens is 819 g/mol. The van der Waals surface area contributed by atoms with Gasteiger partial charge in [-0.2, -0.15) is 0 Å². The van der Waals surface area contributed by atoms with Crippen LogP contribution in [0.1, 0.15) is 90.1 Å². The molecule has 5 aromatic rings. The van der Waals surface area contributed by atoms with Crippen molar-refractivity contribution in [3.05, 3.63) is 130 Å². The van der Waals surface area contributed by atoms with Crippen molar-refractivity contribution < 1.29 is 14.7 Å².